The molecule has 1 aromatic heterocycles. The van der Waals surface area contributed by atoms with Gasteiger partial charge in [-0.15, -0.1) is 0 Å². The van der Waals surface area contributed by atoms with Crippen molar-refractivity contribution in [3.63, 3.8) is 0 Å². The number of aromatic nitrogens is 2. The minimum Gasteiger partial charge on any atom is -0.306 e. The third-order valence-electron chi connectivity index (χ3n) is 3.88. The van der Waals surface area contributed by atoms with Crippen molar-refractivity contribution in [3.05, 3.63) is 17.3 Å². The number of nitrogens with zero attached hydrogens (tertiary/aromatic N) is 2. The van der Waals surface area contributed by atoms with E-state index >= 15 is 0 Å². The van der Waals surface area contributed by atoms with Gasteiger partial charge in [0.1, 0.15) is 5.82 Å². The van der Waals surface area contributed by atoms with Crippen molar-refractivity contribution in [3.8, 4) is 0 Å². The Balaban J connectivity index is 2.22. The van der Waals surface area contributed by atoms with Crippen LogP contribution < -0.4 is 11.3 Å². The normalized spacial score (nSPS) is 19.8. The summed E-state index contributed by atoms with van der Waals surface area (Å²) in [5.41, 5.74) is 3.07. The lowest BCUT2D eigenvalue weighted by Gasteiger charge is -2.33. The lowest BCUT2D eigenvalue weighted by atomic mass is 9.73. The highest BCUT2D eigenvalue weighted by atomic mass is 19.1. The molecule has 0 unspecified atom stereocenters. The minimum atomic E-state index is -0.461. The van der Waals surface area contributed by atoms with Crippen LogP contribution in [0.25, 0.3) is 0 Å². The maximum absolute atomic E-state index is 13.6. The molecule has 1 heterocycles. The van der Waals surface area contributed by atoms with Gasteiger partial charge in [0.25, 0.3) is 0 Å². The van der Waals surface area contributed by atoms with Gasteiger partial charge in [0.05, 0.1) is 5.69 Å². The van der Waals surface area contributed by atoms with Gasteiger partial charge in [0.2, 0.25) is 0 Å². The van der Waals surface area contributed by atoms with Crippen molar-refractivity contribution in [1.82, 2.24) is 9.97 Å². The van der Waals surface area contributed by atoms with E-state index in [4.69, 9.17) is 5.84 Å². The summed E-state index contributed by atoms with van der Waals surface area (Å²) in [6, 6.07) is 0. The van der Waals surface area contributed by atoms with Crippen molar-refractivity contribution in [2.75, 3.05) is 5.43 Å². The monoisotopic (exact) mass is 252 g/mol. The van der Waals surface area contributed by atoms with E-state index in [-0.39, 0.29) is 5.82 Å². The average Bonchev–Trinajstić information content (AvgIpc) is 2.32. The Bertz CT molecular complexity index is 435. The molecule has 0 spiro atoms. The summed E-state index contributed by atoms with van der Waals surface area (Å²) in [5, 5.41) is 0. The first-order valence-electron chi connectivity index (χ1n) is 6.43. The Morgan fingerprint density at radius 2 is 1.89 bits per heavy atom. The number of anilines is 1. The summed E-state index contributed by atoms with van der Waals surface area (Å²) in [4.78, 5) is 8.47. The Hall–Kier alpha value is -1.23. The van der Waals surface area contributed by atoms with Gasteiger partial charge in [0.15, 0.2) is 11.6 Å². The molecule has 3 N–H and O–H groups in total. The first kappa shape index (κ1) is 13.2. The predicted molar refractivity (Wildman–Crippen MR) is 69.5 cm³/mol. The molecule has 0 atom stereocenters. The van der Waals surface area contributed by atoms with Crippen LogP contribution in [0.5, 0.6) is 0 Å². The summed E-state index contributed by atoms with van der Waals surface area (Å²) in [6.07, 6.45) is 4.43. The van der Waals surface area contributed by atoms with Gasteiger partial charge in [-0.2, -0.15) is 0 Å². The van der Waals surface area contributed by atoms with E-state index < -0.39 is 5.82 Å². The highest BCUT2D eigenvalue weighted by Gasteiger charge is 2.29. The first-order chi connectivity index (χ1) is 8.43. The molecule has 100 valence electrons. The Kier molecular flexibility index (Phi) is 3.52. The second kappa shape index (κ2) is 4.80. The molecule has 0 aliphatic heterocycles. The molecule has 1 saturated carbocycles. The third-order valence-corrected chi connectivity index (χ3v) is 3.88. The molecule has 1 aliphatic rings. The molecule has 1 aromatic rings. The number of nitrogen functional groups attached to an aromatic ring is 1. The third kappa shape index (κ3) is 2.61. The smallest absolute Gasteiger partial charge is 0.187 e. The van der Waals surface area contributed by atoms with Crippen molar-refractivity contribution in [1.29, 1.82) is 0 Å². The maximum atomic E-state index is 13.6. The summed E-state index contributed by atoms with van der Waals surface area (Å²) < 4.78 is 13.6. The Labute approximate surface area is 107 Å². The van der Waals surface area contributed by atoms with Crippen LogP contribution in [-0.2, 0) is 0 Å². The SMILES string of the molecule is Cc1nc(C2CCC(C)(C)CC2)nc(NN)c1F. The molecule has 0 radical (unpaired) electrons. The lowest BCUT2D eigenvalue weighted by Crippen LogP contribution is -2.22. The van der Waals surface area contributed by atoms with Crippen LogP contribution in [0.3, 0.4) is 0 Å². The molecule has 0 amide bonds. The highest BCUT2D eigenvalue weighted by Crippen LogP contribution is 2.41. The van der Waals surface area contributed by atoms with Crippen LogP contribution in [-0.4, -0.2) is 9.97 Å². The van der Waals surface area contributed by atoms with E-state index in [9.17, 15) is 4.39 Å². The fraction of sp³-hybridized carbons (Fsp3) is 0.692. The number of hydrazine groups is 1. The zero-order valence-corrected chi connectivity index (χ0v) is 11.3. The van der Waals surface area contributed by atoms with Crippen molar-refractivity contribution < 1.29 is 4.39 Å². The number of nitrogens with two attached hydrogens (primary N) is 1. The van der Waals surface area contributed by atoms with Crippen LogP contribution in [0, 0.1) is 18.2 Å². The minimum absolute atomic E-state index is 0.0994. The van der Waals surface area contributed by atoms with E-state index in [0.717, 1.165) is 31.5 Å². The lowest BCUT2D eigenvalue weighted by molar-refractivity contribution is 0.220. The summed E-state index contributed by atoms with van der Waals surface area (Å²) >= 11 is 0. The Morgan fingerprint density at radius 3 is 2.44 bits per heavy atom. The van der Waals surface area contributed by atoms with Crippen LogP contribution in [0.1, 0.15) is 57.0 Å². The van der Waals surface area contributed by atoms with Crippen LogP contribution in [0.15, 0.2) is 0 Å². The van der Waals surface area contributed by atoms with Crippen LogP contribution in [0.2, 0.25) is 0 Å². The van der Waals surface area contributed by atoms with Gasteiger partial charge in [-0.3, -0.25) is 0 Å². The number of hydrogen-bond donors (Lipinski definition) is 2. The van der Waals surface area contributed by atoms with Crippen LogP contribution in [0.4, 0.5) is 10.2 Å². The van der Waals surface area contributed by atoms with Gasteiger partial charge in [-0.25, -0.2) is 20.2 Å². The quantitative estimate of drug-likeness (QED) is 0.627. The number of nitrogens with one attached hydrogen (secondary N) is 1. The van der Waals surface area contributed by atoms with Crippen molar-refractivity contribution >= 4 is 5.82 Å². The van der Waals surface area contributed by atoms with Crippen molar-refractivity contribution in [2.24, 2.45) is 11.3 Å². The van der Waals surface area contributed by atoms with Gasteiger partial charge < -0.3 is 5.43 Å². The zero-order valence-electron chi connectivity index (χ0n) is 11.3. The van der Waals surface area contributed by atoms with E-state index in [1.54, 1.807) is 6.92 Å². The largest absolute Gasteiger partial charge is 0.306 e. The second-order valence-electron chi connectivity index (χ2n) is 5.91. The molecule has 0 saturated heterocycles. The molecule has 0 aromatic carbocycles. The van der Waals surface area contributed by atoms with Gasteiger partial charge in [0, 0.05) is 5.92 Å². The van der Waals surface area contributed by atoms with Gasteiger partial charge >= 0.3 is 0 Å². The van der Waals surface area contributed by atoms with E-state index in [2.05, 4.69) is 29.2 Å². The topological polar surface area (TPSA) is 63.8 Å². The Morgan fingerprint density at radius 1 is 1.28 bits per heavy atom. The van der Waals surface area contributed by atoms with Crippen molar-refractivity contribution in [2.45, 2.75) is 52.4 Å². The van der Waals surface area contributed by atoms with Gasteiger partial charge in [-0.1, -0.05) is 13.8 Å². The molecule has 1 aliphatic carbocycles. The average molecular weight is 252 g/mol. The van der Waals surface area contributed by atoms with E-state index in [1.165, 1.54) is 0 Å². The molecule has 1 fully saturated rings. The fourth-order valence-electron chi connectivity index (χ4n) is 2.52. The molecule has 5 heteroatoms. The summed E-state index contributed by atoms with van der Waals surface area (Å²) in [5.74, 6) is 5.96. The van der Waals surface area contributed by atoms with Crippen LogP contribution >= 0.6 is 0 Å². The highest BCUT2D eigenvalue weighted by molar-refractivity contribution is 5.37. The fourth-order valence-corrected chi connectivity index (χ4v) is 2.52. The van der Waals surface area contributed by atoms with Gasteiger partial charge in [-0.05, 0) is 38.0 Å². The zero-order chi connectivity index (χ0) is 13.3. The maximum Gasteiger partial charge on any atom is 0.187 e. The van der Waals surface area contributed by atoms with E-state index in [1.807, 2.05) is 0 Å². The number of rotatable bonds is 2. The number of halogens is 1. The molecule has 18 heavy (non-hydrogen) atoms. The molecular formula is C13H21FN4. The number of hydrogen-bond acceptors (Lipinski definition) is 4. The summed E-state index contributed by atoms with van der Waals surface area (Å²) in [6.45, 7) is 6.22. The number of aryl methyl sites for hydroxylation is 1. The van der Waals surface area contributed by atoms with E-state index in [0.29, 0.717) is 17.0 Å². The molecule has 4 nitrogen and oxygen atoms in total. The summed E-state index contributed by atoms with van der Waals surface area (Å²) in [7, 11) is 0. The first-order valence-corrected chi connectivity index (χ1v) is 6.43. The molecular weight excluding hydrogens is 231 g/mol. The molecule has 0 bridgehead atoms. The standard InChI is InChI=1S/C13H21FN4/c1-8-10(14)12(18-15)17-11(16-8)9-4-6-13(2,3)7-5-9/h9H,4-7,15H2,1-3H3,(H,16,17,18). The second-order valence-corrected chi connectivity index (χ2v) is 5.91. The molecule has 2 rings (SSSR count). The predicted octanol–water partition coefficient (Wildman–Crippen LogP) is 2.89.